The molecule has 12 heteroatoms. The lowest BCUT2D eigenvalue weighted by Crippen LogP contribution is -2.46. The fraction of sp³-hybridized carbons (Fsp3) is 0.500. The molecule has 1 aliphatic carbocycles. The first-order valence-electron chi connectivity index (χ1n) is 17.9. The minimum atomic E-state index is -1.05. The summed E-state index contributed by atoms with van der Waals surface area (Å²) in [4.78, 5) is 36.0. The van der Waals surface area contributed by atoms with E-state index in [9.17, 15) is 14.0 Å². The molecule has 11 nitrogen and oxygen atoms in total. The predicted molar refractivity (Wildman–Crippen MR) is 189 cm³/mol. The van der Waals surface area contributed by atoms with Gasteiger partial charge in [-0.3, -0.25) is 14.6 Å². The van der Waals surface area contributed by atoms with E-state index in [1.807, 2.05) is 12.1 Å². The minimum absolute atomic E-state index is 0.00840. The molecule has 0 bridgehead atoms. The van der Waals surface area contributed by atoms with Crippen LogP contribution in [0.4, 0.5) is 9.18 Å². The number of nitrogens with one attached hydrogen (secondary N) is 2. The second-order valence-electron chi connectivity index (χ2n) is 13.6. The Morgan fingerprint density at radius 1 is 0.900 bits per heavy atom. The minimum Gasteiger partial charge on any atom is -0.465 e. The lowest BCUT2D eigenvalue weighted by Gasteiger charge is -2.34. The van der Waals surface area contributed by atoms with Gasteiger partial charge in [0.1, 0.15) is 17.1 Å². The number of carboxylic acid groups (broad SMARTS) is 1. The molecule has 50 heavy (non-hydrogen) atoms. The molecule has 3 aliphatic rings. The van der Waals surface area contributed by atoms with Gasteiger partial charge in [-0.25, -0.2) is 14.2 Å². The number of nitrogens with zero attached hydrogens (tertiary/aromatic N) is 4. The molecule has 1 saturated carbocycles. The fourth-order valence-corrected chi connectivity index (χ4v) is 7.23. The van der Waals surface area contributed by atoms with Crippen LogP contribution in [0.3, 0.4) is 0 Å². The summed E-state index contributed by atoms with van der Waals surface area (Å²) < 4.78 is 26.2. The van der Waals surface area contributed by atoms with E-state index >= 15 is 0 Å². The van der Waals surface area contributed by atoms with Gasteiger partial charge in [0.05, 0.1) is 19.4 Å². The third-order valence-electron chi connectivity index (χ3n) is 9.89. The van der Waals surface area contributed by atoms with Gasteiger partial charge in [-0.1, -0.05) is 37.3 Å². The maximum Gasteiger partial charge on any atom is 0.404 e. The lowest BCUT2D eigenvalue weighted by atomic mass is 9.91. The van der Waals surface area contributed by atoms with E-state index in [0.29, 0.717) is 31.4 Å². The monoisotopic (exact) mass is 688 g/mol. The summed E-state index contributed by atoms with van der Waals surface area (Å²) in [7, 11) is 0. The van der Waals surface area contributed by atoms with Gasteiger partial charge in [-0.2, -0.15) is 0 Å². The van der Waals surface area contributed by atoms with Crippen molar-refractivity contribution < 1.29 is 28.6 Å². The number of halogens is 1. The highest BCUT2D eigenvalue weighted by atomic mass is 19.1. The quantitative estimate of drug-likeness (QED) is 0.232. The van der Waals surface area contributed by atoms with Crippen LogP contribution in [0.25, 0.3) is 11.1 Å². The molecule has 0 atom stereocenters. The maximum absolute atomic E-state index is 14.4. The van der Waals surface area contributed by atoms with Gasteiger partial charge >= 0.3 is 6.09 Å². The number of hydrogen-bond donors (Lipinski definition) is 3. The summed E-state index contributed by atoms with van der Waals surface area (Å²) in [6.07, 6.45) is 3.62. The molecule has 2 amide bonds. The van der Waals surface area contributed by atoms with Gasteiger partial charge in [0.2, 0.25) is 5.88 Å². The number of morpholine rings is 1. The van der Waals surface area contributed by atoms with Crippen LogP contribution in [0.15, 0.2) is 54.7 Å². The molecule has 1 aromatic heterocycles. The topological polar surface area (TPSA) is 120 Å². The van der Waals surface area contributed by atoms with Crippen LogP contribution in [-0.4, -0.2) is 108 Å². The highest BCUT2D eigenvalue weighted by Crippen LogP contribution is 2.32. The van der Waals surface area contributed by atoms with Crippen molar-refractivity contribution in [2.24, 2.45) is 0 Å². The molecule has 3 fully saturated rings. The molecule has 0 spiro atoms. The Labute approximate surface area is 293 Å². The number of amides is 2. The van der Waals surface area contributed by atoms with E-state index in [1.54, 1.807) is 6.07 Å². The highest BCUT2D eigenvalue weighted by molar-refractivity contribution is 5.96. The summed E-state index contributed by atoms with van der Waals surface area (Å²) in [5, 5.41) is 14.5. The molecule has 3 N–H and O–H groups in total. The summed E-state index contributed by atoms with van der Waals surface area (Å²) in [5.41, 5.74) is 4.63. The van der Waals surface area contributed by atoms with Crippen LogP contribution in [0, 0.1) is 5.82 Å². The van der Waals surface area contributed by atoms with Crippen molar-refractivity contribution in [1.29, 1.82) is 0 Å². The van der Waals surface area contributed by atoms with E-state index in [0.717, 1.165) is 95.5 Å². The number of benzene rings is 2. The van der Waals surface area contributed by atoms with Crippen molar-refractivity contribution >= 4 is 12.0 Å². The Balaban J connectivity index is 1.18. The van der Waals surface area contributed by atoms with Crippen molar-refractivity contribution in [3.63, 3.8) is 0 Å². The molecule has 6 rings (SSSR count). The number of piperazine rings is 1. The van der Waals surface area contributed by atoms with Crippen molar-refractivity contribution in [2.75, 3.05) is 59.0 Å². The maximum atomic E-state index is 14.4. The summed E-state index contributed by atoms with van der Waals surface area (Å²) in [6.45, 7) is 12.7. The zero-order chi connectivity index (χ0) is 34.9. The van der Waals surface area contributed by atoms with Crippen molar-refractivity contribution in [3.05, 3.63) is 77.2 Å². The molecular formula is C38H49FN6O5. The molecule has 3 aromatic rings. The van der Waals surface area contributed by atoms with E-state index in [2.05, 4.69) is 61.5 Å². The second kappa shape index (κ2) is 17.2. The lowest BCUT2D eigenvalue weighted by molar-refractivity contribution is 0.0342. The largest absolute Gasteiger partial charge is 0.465 e. The van der Waals surface area contributed by atoms with E-state index in [-0.39, 0.29) is 23.5 Å². The second-order valence-corrected chi connectivity index (χ2v) is 13.6. The highest BCUT2D eigenvalue weighted by Gasteiger charge is 2.26. The van der Waals surface area contributed by atoms with Gasteiger partial charge in [0, 0.05) is 64.4 Å². The number of pyridine rings is 1. The third kappa shape index (κ3) is 9.78. The summed E-state index contributed by atoms with van der Waals surface area (Å²) >= 11 is 0. The van der Waals surface area contributed by atoms with Crippen molar-refractivity contribution in [1.82, 2.24) is 30.3 Å². The molecule has 2 aromatic carbocycles. The zero-order valence-corrected chi connectivity index (χ0v) is 28.9. The van der Waals surface area contributed by atoms with Crippen LogP contribution < -0.4 is 15.4 Å². The van der Waals surface area contributed by atoms with E-state index in [4.69, 9.17) is 14.6 Å². The Morgan fingerprint density at radius 2 is 1.60 bits per heavy atom. The van der Waals surface area contributed by atoms with Crippen molar-refractivity contribution in [2.45, 2.75) is 64.2 Å². The number of carbonyl (C=O) groups is 2. The molecule has 2 aliphatic heterocycles. The van der Waals surface area contributed by atoms with Gasteiger partial charge in [0.25, 0.3) is 5.91 Å². The first-order valence-corrected chi connectivity index (χ1v) is 17.9. The van der Waals surface area contributed by atoms with Gasteiger partial charge < -0.3 is 30.1 Å². The van der Waals surface area contributed by atoms with Crippen LogP contribution in [0.1, 0.15) is 60.5 Å². The molecule has 0 radical (unpaired) electrons. The van der Waals surface area contributed by atoms with Gasteiger partial charge in [-0.05, 0) is 79.1 Å². The molecule has 3 heterocycles. The molecule has 268 valence electrons. The normalized spacial score (nSPS) is 20.7. The Morgan fingerprint density at radius 3 is 2.32 bits per heavy atom. The third-order valence-corrected chi connectivity index (χ3v) is 9.89. The number of rotatable bonds is 12. The average Bonchev–Trinajstić information content (AvgIpc) is 3.11. The molecule has 2 saturated heterocycles. The van der Waals surface area contributed by atoms with Gasteiger partial charge in [-0.15, -0.1) is 0 Å². The first-order chi connectivity index (χ1) is 24.3. The van der Waals surface area contributed by atoms with Crippen LogP contribution in [0.5, 0.6) is 11.6 Å². The number of carbonyl (C=O) groups excluding carboxylic acids is 1. The van der Waals surface area contributed by atoms with E-state index < -0.39 is 17.8 Å². The van der Waals surface area contributed by atoms with Crippen LogP contribution >= 0.6 is 0 Å². The number of ether oxygens (including phenoxy) is 2. The van der Waals surface area contributed by atoms with Crippen molar-refractivity contribution in [3.8, 4) is 22.8 Å². The summed E-state index contributed by atoms with van der Waals surface area (Å²) in [6, 6.07) is 15.3. The summed E-state index contributed by atoms with van der Waals surface area (Å²) in [5.74, 6) is -0.610. The standard InChI is InChI=1S/C38H49FN6O5/c1-2-12-43-13-15-44(16-14-43)25-27-6-11-34(29(21-27)26-45-17-19-49-20-18-45)28-4-3-5-33(22-28)50-37-35(23-30(39)24-40-37)36(46)41-31-7-9-32(10-8-31)42-38(47)48/h3-6,11,21-24,31-32,42H,2,7-10,12-20,25-26H2,1H3,(H,41,46)(H,47,48). The zero-order valence-electron chi connectivity index (χ0n) is 28.9. The van der Waals surface area contributed by atoms with E-state index in [1.165, 1.54) is 17.5 Å². The number of hydrogen-bond acceptors (Lipinski definition) is 8. The molecule has 0 unspecified atom stereocenters. The van der Waals surface area contributed by atoms with Crippen LogP contribution in [-0.2, 0) is 17.8 Å². The van der Waals surface area contributed by atoms with Crippen LogP contribution in [0.2, 0.25) is 0 Å². The molecular weight excluding hydrogens is 639 g/mol. The Hall–Kier alpha value is -4.10. The fourth-order valence-electron chi connectivity index (χ4n) is 7.23. The predicted octanol–water partition coefficient (Wildman–Crippen LogP) is 5.35. The average molecular weight is 689 g/mol. The SMILES string of the molecule is CCCN1CCN(Cc2ccc(-c3cccc(Oc4ncc(F)cc4C(=O)NC4CCC(NC(=O)O)CC4)c3)c(CN3CCOCC3)c2)CC1. The smallest absolute Gasteiger partial charge is 0.404 e. The Kier molecular flexibility index (Phi) is 12.3. The van der Waals surface area contributed by atoms with Gasteiger partial charge in [0.15, 0.2) is 0 Å². The Bertz CT molecular complexity index is 1600. The number of aromatic nitrogens is 1. The first kappa shape index (κ1) is 35.7.